The van der Waals surface area contributed by atoms with Gasteiger partial charge in [-0.25, -0.2) is 0 Å². The van der Waals surface area contributed by atoms with Gasteiger partial charge in [-0.1, -0.05) is 6.07 Å². The molecule has 2 unspecified atom stereocenters. The predicted octanol–water partition coefficient (Wildman–Crippen LogP) is 2.00. The fourth-order valence-corrected chi connectivity index (χ4v) is 3.28. The molecule has 0 bridgehead atoms. The highest BCUT2D eigenvalue weighted by Crippen LogP contribution is 2.22. The number of halogens is 2. The van der Waals surface area contributed by atoms with Crippen molar-refractivity contribution in [2.24, 2.45) is 7.05 Å². The molecule has 0 aliphatic heterocycles. The molecular formula is C15H25Cl2N5OS. The van der Waals surface area contributed by atoms with Crippen molar-refractivity contribution in [1.82, 2.24) is 25.3 Å². The molecule has 6 nitrogen and oxygen atoms in total. The van der Waals surface area contributed by atoms with Crippen LogP contribution in [0.15, 0.2) is 29.9 Å². The van der Waals surface area contributed by atoms with Gasteiger partial charge >= 0.3 is 0 Å². The maximum atomic E-state index is 12.5. The van der Waals surface area contributed by atoms with Crippen molar-refractivity contribution >= 4 is 42.1 Å². The van der Waals surface area contributed by atoms with E-state index in [1.54, 1.807) is 29.3 Å². The van der Waals surface area contributed by atoms with Crippen molar-refractivity contribution in [1.29, 1.82) is 0 Å². The Bertz CT molecular complexity index is 603. The van der Waals surface area contributed by atoms with Crippen LogP contribution in [-0.4, -0.2) is 48.3 Å². The molecule has 1 amide bonds. The highest BCUT2D eigenvalue weighted by Gasteiger charge is 2.22. The zero-order chi connectivity index (χ0) is 16.1. The lowest BCUT2D eigenvalue weighted by molar-refractivity contribution is -0.123. The fourth-order valence-electron chi connectivity index (χ4n) is 2.36. The van der Waals surface area contributed by atoms with Gasteiger partial charge in [0.25, 0.3) is 0 Å². The van der Waals surface area contributed by atoms with Crippen LogP contribution in [0.1, 0.15) is 22.5 Å². The molecule has 0 fully saturated rings. The smallest absolute Gasteiger partial charge is 0.241 e. The normalized spacial score (nSPS) is 12.9. The third-order valence-corrected chi connectivity index (χ3v) is 4.55. The van der Waals surface area contributed by atoms with E-state index in [4.69, 9.17) is 0 Å². The van der Waals surface area contributed by atoms with Crippen molar-refractivity contribution in [3.8, 4) is 0 Å². The number of carbonyl (C=O) groups is 1. The lowest BCUT2D eigenvalue weighted by atomic mass is 10.1. The summed E-state index contributed by atoms with van der Waals surface area (Å²) in [6, 6.07) is 3.91. The monoisotopic (exact) mass is 393 g/mol. The second-order valence-electron chi connectivity index (χ2n) is 5.41. The van der Waals surface area contributed by atoms with Gasteiger partial charge in [-0.05, 0) is 32.6 Å². The summed E-state index contributed by atoms with van der Waals surface area (Å²) in [7, 11) is 7.66. The largest absolute Gasteiger partial charge is 0.352 e. The van der Waals surface area contributed by atoms with Gasteiger partial charge in [0.1, 0.15) is 6.04 Å². The summed E-state index contributed by atoms with van der Waals surface area (Å²) in [5, 5.41) is 12.3. The number of likely N-dealkylation sites (N-methyl/N-ethyl adjacent to an activating group) is 2. The molecule has 136 valence electrons. The minimum absolute atomic E-state index is 0. The number of carbonyl (C=O) groups excluding carboxylic acids is 1. The Kier molecular flexibility index (Phi) is 10.2. The molecule has 0 saturated heterocycles. The Labute approximate surface area is 159 Å². The number of nitrogens with zero attached hydrogens (tertiary/aromatic N) is 3. The van der Waals surface area contributed by atoms with Crippen LogP contribution in [0.5, 0.6) is 0 Å². The van der Waals surface area contributed by atoms with Gasteiger partial charge in [-0.2, -0.15) is 5.10 Å². The number of aromatic nitrogens is 2. The van der Waals surface area contributed by atoms with Crippen LogP contribution in [0, 0.1) is 0 Å². The number of aryl methyl sites for hydroxylation is 1. The minimum atomic E-state index is -0.389. The zero-order valence-corrected chi connectivity index (χ0v) is 16.7. The second kappa shape index (κ2) is 10.7. The van der Waals surface area contributed by atoms with Crippen LogP contribution in [0.4, 0.5) is 0 Å². The molecule has 2 N–H and O–H groups in total. The summed E-state index contributed by atoms with van der Waals surface area (Å²) in [5.74, 6) is -0.0427. The quantitative estimate of drug-likeness (QED) is 0.754. The van der Waals surface area contributed by atoms with E-state index in [1.165, 1.54) is 4.88 Å². The van der Waals surface area contributed by atoms with Gasteiger partial charge in [-0.3, -0.25) is 9.48 Å². The fraction of sp³-hybridized carbons (Fsp3) is 0.467. The molecule has 2 atom stereocenters. The molecule has 0 aliphatic rings. The van der Waals surface area contributed by atoms with Gasteiger partial charge in [0.2, 0.25) is 5.91 Å². The third kappa shape index (κ3) is 5.75. The molecule has 2 aromatic heterocycles. The molecule has 0 saturated carbocycles. The Morgan fingerprint density at radius 1 is 1.42 bits per heavy atom. The predicted molar refractivity (Wildman–Crippen MR) is 103 cm³/mol. The molecule has 2 rings (SSSR count). The van der Waals surface area contributed by atoms with Gasteiger partial charge in [0.05, 0.1) is 12.2 Å². The lowest BCUT2D eigenvalue weighted by Gasteiger charge is -2.24. The zero-order valence-electron chi connectivity index (χ0n) is 14.2. The van der Waals surface area contributed by atoms with Gasteiger partial charge in [0.15, 0.2) is 0 Å². The number of nitrogens with one attached hydrogen (secondary N) is 2. The standard InChI is InChI=1S/C15H23N5OS.2ClH/c1-16-14(11-8-18-20(4)10-11)15(21)17-9-12(19(2)3)13-6-5-7-22-13;;/h5-8,10,12,14,16H,9H2,1-4H3,(H,17,21);2*1H. The van der Waals surface area contributed by atoms with Crippen LogP contribution in [0.25, 0.3) is 0 Å². The molecule has 2 heterocycles. The highest BCUT2D eigenvalue weighted by atomic mass is 35.5. The summed E-state index contributed by atoms with van der Waals surface area (Å²) < 4.78 is 1.70. The first-order chi connectivity index (χ1) is 10.5. The lowest BCUT2D eigenvalue weighted by Crippen LogP contribution is -2.40. The Morgan fingerprint density at radius 2 is 2.12 bits per heavy atom. The van der Waals surface area contributed by atoms with Crippen molar-refractivity contribution in [2.75, 3.05) is 27.7 Å². The van der Waals surface area contributed by atoms with Gasteiger partial charge in [-0.15, -0.1) is 36.2 Å². The van der Waals surface area contributed by atoms with E-state index in [-0.39, 0.29) is 42.8 Å². The molecule has 9 heteroatoms. The summed E-state index contributed by atoms with van der Waals surface area (Å²) in [4.78, 5) is 15.8. The van der Waals surface area contributed by atoms with Crippen LogP contribution in [0.2, 0.25) is 0 Å². The Hall–Kier alpha value is -1.12. The first kappa shape index (κ1) is 22.9. The molecule has 0 aromatic carbocycles. The van der Waals surface area contributed by atoms with Crippen LogP contribution in [-0.2, 0) is 11.8 Å². The number of rotatable bonds is 7. The summed E-state index contributed by atoms with van der Waals surface area (Å²) in [5.41, 5.74) is 0.861. The Morgan fingerprint density at radius 3 is 2.58 bits per heavy atom. The number of amides is 1. The topological polar surface area (TPSA) is 62.2 Å². The van der Waals surface area contributed by atoms with Gasteiger partial charge < -0.3 is 15.5 Å². The number of hydrogen-bond donors (Lipinski definition) is 2. The third-order valence-electron chi connectivity index (χ3n) is 3.57. The number of thiophene rings is 1. The molecule has 0 aliphatic carbocycles. The molecule has 2 aromatic rings. The minimum Gasteiger partial charge on any atom is -0.352 e. The SMILES string of the molecule is CNC(C(=O)NCC(c1cccs1)N(C)C)c1cnn(C)c1.Cl.Cl. The average molecular weight is 394 g/mol. The Balaban J connectivity index is 0.00000264. The van der Waals surface area contributed by atoms with Crippen molar-refractivity contribution in [3.05, 3.63) is 40.3 Å². The summed E-state index contributed by atoms with van der Waals surface area (Å²) in [6.45, 7) is 0.574. The first-order valence-corrected chi connectivity index (χ1v) is 8.04. The molecule has 24 heavy (non-hydrogen) atoms. The van der Waals surface area contributed by atoms with Crippen LogP contribution < -0.4 is 10.6 Å². The maximum absolute atomic E-state index is 12.5. The van der Waals surface area contributed by atoms with Crippen molar-refractivity contribution in [3.63, 3.8) is 0 Å². The second-order valence-corrected chi connectivity index (χ2v) is 6.39. The number of hydrogen-bond acceptors (Lipinski definition) is 5. The molecule has 0 spiro atoms. The summed E-state index contributed by atoms with van der Waals surface area (Å²) in [6.07, 6.45) is 3.56. The first-order valence-electron chi connectivity index (χ1n) is 7.16. The maximum Gasteiger partial charge on any atom is 0.241 e. The van der Waals surface area contributed by atoms with Gasteiger partial charge in [0, 0.05) is 30.2 Å². The van der Waals surface area contributed by atoms with Crippen molar-refractivity contribution < 1.29 is 4.79 Å². The molecular weight excluding hydrogens is 369 g/mol. The van der Waals surface area contributed by atoms with E-state index in [0.717, 1.165) is 5.56 Å². The van der Waals surface area contributed by atoms with E-state index in [1.807, 2.05) is 33.4 Å². The van der Waals surface area contributed by atoms with E-state index in [9.17, 15) is 4.79 Å². The molecule has 0 radical (unpaired) electrons. The summed E-state index contributed by atoms with van der Waals surface area (Å²) >= 11 is 1.70. The highest BCUT2D eigenvalue weighted by molar-refractivity contribution is 7.10. The van der Waals surface area contributed by atoms with E-state index in [0.29, 0.717) is 6.54 Å². The average Bonchev–Trinajstić information content (AvgIpc) is 3.12. The van der Waals surface area contributed by atoms with Crippen LogP contribution >= 0.6 is 36.2 Å². The van der Waals surface area contributed by atoms with Crippen LogP contribution in [0.3, 0.4) is 0 Å². The van der Waals surface area contributed by atoms with E-state index in [2.05, 4.69) is 32.1 Å². The van der Waals surface area contributed by atoms with E-state index >= 15 is 0 Å². The van der Waals surface area contributed by atoms with E-state index < -0.39 is 0 Å². The van der Waals surface area contributed by atoms with Crippen molar-refractivity contribution in [2.45, 2.75) is 12.1 Å².